The Bertz CT molecular complexity index is 932. The highest BCUT2D eigenvalue weighted by Gasteiger charge is 2.17. The summed E-state index contributed by atoms with van der Waals surface area (Å²) in [5.74, 6) is 0.682. The third-order valence-electron chi connectivity index (χ3n) is 3.89. The summed E-state index contributed by atoms with van der Waals surface area (Å²) in [4.78, 5) is 19.9. The van der Waals surface area contributed by atoms with Crippen LogP contribution >= 0.6 is 11.6 Å². The minimum absolute atomic E-state index is 0.222. The lowest BCUT2D eigenvalue weighted by Gasteiger charge is -2.13. The van der Waals surface area contributed by atoms with Gasteiger partial charge in [-0.1, -0.05) is 25.4 Å². The number of fused-ring (bicyclic) bond motifs is 1. The van der Waals surface area contributed by atoms with Gasteiger partial charge in [0.25, 0.3) is 0 Å². The number of amides is 1. The van der Waals surface area contributed by atoms with E-state index in [0.717, 1.165) is 22.9 Å². The van der Waals surface area contributed by atoms with Gasteiger partial charge in [-0.05, 0) is 36.1 Å². The van der Waals surface area contributed by atoms with Crippen LogP contribution in [0.1, 0.15) is 29.8 Å². The Kier molecular flexibility index (Phi) is 4.15. The molecule has 0 atom stereocenters. The van der Waals surface area contributed by atoms with Crippen LogP contribution in [0.25, 0.3) is 16.7 Å². The molecule has 3 aromatic rings. The van der Waals surface area contributed by atoms with E-state index in [1.807, 2.05) is 22.9 Å². The van der Waals surface area contributed by atoms with Gasteiger partial charge in [0.15, 0.2) is 5.82 Å². The summed E-state index contributed by atoms with van der Waals surface area (Å²) in [6.45, 7) is 4.20. The minimum atomic E-state index is -0.426. The molecule has 0 aliphatic carbocycles. The van der Waals surface area contributed by atoms with Crippen LogP contribution < -0.4 is 11.5 Å². The molecule has 0 aliphatic rings. The number of nitrogens with two attached hydrogens (primary N) is 2. The molecule has 7 heteroatoms. The number of benzene rings is 1. The molecule has 0 unspecified atom stereocenters. The summed E-state index contributed by atoms with van der Waals surface area (Å²) in [5, 5.41) is 1.24. The van der Waals surface area contributed by atoms with Crippen molar-refractivity contribution in [2.24, 2.45) is 11.7 Å². The molecule has 4 N–H and O–H groups in total. The lowest BCUT2D eigenvalue weighted by molar-refractivity contribution is 0.0999. The van der Waals surface area contributed by atoms with E-state index in [2.05, 4.69) is 23.8 Å². The fraction of sp³-hybridized carbons (Fsp3) is 0.235. The van der Waals surface area contributed by atoms with Crippen LogP contribution in [0.15, 0.2) is 30.7 Å². The fourth-order valence-electron chi connectivity index (χ4n) is 2.86. The molecule has 24 heavy (non-hydrogen) atoms. The Morgan fingerprint density at radius 2 is 2.04 bits per heavy atom. The van der Waals surface area contributed by atoms with Crippen LogP contribution in [0.2, 0.25) is 5.02 Å². The molecule has 1 aromatic carbocycles. The Hall–Kier alpha value is -2.60. The van der Waals surface area contributed by atoms with Crippen LogP contribution in [-0.2, 0) is 6.42 Å². The molecule has 0 radical (unpaired) electrons. The average molecular weight is 344 g/mol. The lowest BCUT2D eigenvalue weighted by atomic mass is 9.94. The van der Waals surface area contributed by atoms with Crippen molar-refractivity contribution in [3.05, 3.63) is 46.9 Å². The summed E-state index contributed by atoms with van der Waals surface area (Å²) in [6.07, 6.45) is 3.97. The van der Waals surface area contributed by atoms with E-state index in [9.17, 15) is 4.79 Å². The van der Waals surface area contributed by atoms with Gasteiger partial charge in [0.05, 0.1) is 5.52 Å². The van der Waals surface area contributed by atoms with Crippen molar-refractivity contribution in [3.63, 3.8) is 0 Å². The number of nitrogens with zero attached hydrogens (tertiary/aromatic N) is 3. The maximum Gasteiger partial charge on any atom is 0.249 e. The van der Waals surface area contributed by atoms with Crippen LogP contribution in [-0.4, -0.2) is 20.4 Å². The average Bonchev–Trinajstić information content (AvgIpc) is 2.94. The van der Waals surface area contributed by atoms with Crippen molar-refractivity contribution in [1.29, 1.82) is 0 Å². The number of rotatable bonds is 4. The van der Waals surface area contributed by atoms with Crippen molar-refractivity contribution in [2.75, 3.05) is 5.73 Å². The van der Waals surface area contributed by atoms with Crippen LogP contribution in [0.4, 0.5) is 5.82 Å². The zero-order valence-corrected chi connectivity index (χ0v) is 14.2. The Labute approximate surface area is 144 Å². The van der Waals surface area contributed by atoms with Crippen molar-refractivity contribution in [3.8, 4) is 5.82 Å². The van der Waals surface area contributed by atoms with Crippen molar-refractivity contribution < 1.29 is 4.79 Å². The van der Waals surface area contributed by atoms with E-state index in [-0.39, 0.29) is 5.82 Å². The van der Waals surface area contributed by atoms with Gasteiger partial charge in [0, 0.05) is 17.1 Å². The molecule has 0 spiro atoms. The molecule has 0 bridgehead atoms. The maximum absolute atomic E-state index is 11.8. The number of hydrogen-bond donors (Lipinski definition) is 2. The third-order valence-corrected chi connectivity index (χ3v) is 4.25. The van der Waals surface area contributed by atoms with Gasteiger partial charge in [0.1, 0.15) is 17.2 Å². The van der Waals surface area contributed by atoms with E-state index in [4.69, 9.17) is 23.1 Å². The highest BCUT2D eigenvalue weighted by Crippen LogP contribution is 2.30. The number of anilines is 1. The predicted octanol–water partition coefficient (Wildman–Crippen LogP) is 2.95. The van der Waals surface area contributed by atoms with Crippen LogP contribution in [0, 0.1) is 5.92 Å². The first-order valence-electron chi connectivity index (χ1n) is 7.59. The Balaban J connectivity index is 2.27. The number of carbonyl (C=O) groups excluding carboxylic acids is 1. The van der Waals surface area contributed by atoms with E-state index in [1.54, 1.807) is 6.07 Å². The highest BCUT2D eigenvalue weighted by atomic mass is 35.5. The molecule has 0 fully saturated rings. The minimum Gasteiger partial charge on any atom is -0.382 e. The standard InChI is InChI=1S/C17H18ClN5O/c1-9(2)7-12-10-5-6-23(13(10)4-3-11(12)16(20)24)17-14(18)15(19)21-8-22-17/h3-6,8-9H,7H2,1-2H3,(H2,20,24)(H2,19,21,22). The van der Waals surface area contributed by atoms with E-state index in [0.29, 0.717) is 22.3 Å². The molecule has 0 aliphatic heterocycles. The van der Waals surface area contributed by atoms with Crippen molar-refractivity contribution in [2.45, 2.75) is 20.3 Å². The second-order valence-electron chi connectivity index (χ2n) is 6.07. The number of hydrogen-bond acceptors (Lipinski definition) is 4. The summed E-state index contributed by atoms with van der Waals surface area (Å²) in [5.41, 5.74) is 13.7. The maximum atomic E-state index is 11.8. The normalized spacial score (nSPS) is 11.3. The van der Waals surface area contributed by atoms with Gasteiger partial charge in [-0.3, -0.25) is 9.36 Å². The van der Waals surface area contributed by atoms with E-state index in [1.165, 1.54) is 6.33 Å². The number of halogens is 1. The second-order valence-corrected chi connectivity index (χ2v) is 6.45. The Morgan fingerprint density at radius 3 is 2.71 bits per heavy atom. The number of nitrogen functional groups attached to an aromatic ring is 1. The van der Waals surface area contributed by atoms with E-state index < -0.39 is 5.91 Å². The lowest BCUT2D eigenvalue weighted by Crippen LogP contribution is -2.15. The SMILES string of the molecule is CC(C)Cc1c(C(N)=O)ccc2c1ccn2-c1ncnc(N)c1Cl. The molecular formula is C17H18ClN5O. The highest BCUT2D eigenvalue weighted by molar-refractivity contribution is 6.34. The molecule has 2 heterocycles. The first kappa shape index (κ1) is 16.3. The monoisotopic (exact) mass is 343 g/mol. The van der Waals surface area contributed by atoms with Gasteiger partial charge < -0.3 is 11.5 Å². The number of primary amides is 1. The van der Waals surface area contributed by atoms with Gasteiger partial charge in [-0.15, -0.1) is 0 Å². The van der Waals surface area contributed by atoms with Crippen LogP contribution in [0.3, 0.4) is 0 Å². The molecule has 6 nitrogen and oxygen atoms in total. The smallest absolute Gasteiger partial charge is 0.249 e. The van der Waals surface area contributed by atoms with Crippen LogP contribution in [0.5, 0.6) is 0 Å². The third kappa shape index (κ3) is 2.69. The van der Waals surface area contributed by atoms with Gasteiger partial charge in [0.2, 0.25) is 5.91 Å². The zero-order valence-electron chi connectivity index (χ0n) is 13.5. The number of aromatic nitrogens is 3. The first-order chi connectivity index (χ1) is 11.4. The predicted molar refractivity (Wildman–Crippen MR) is 95.3 cm³/mol. The van der Waals surface area contributed by atoms with Gasteiger partial charge >= 0.3 is 0 Å². The van der Waals surface area contributed by atoms with Crippen molar-refractivity contribution >= 4 is 34.2 Å². The van der Waals surface area contributed by atoms with Gasteiger partial charge in [-0.2, -0.15) is 0 Å². The largest absolute Gasteiger partial charge is 0.382 e. The molecule has 124 valence electrons. The second kappa shape index (κ2) is 6.13. The molecule has 0 saturated heterocycles. The van der Waals surface area contributed by atoms with Gasteiger partial charge in [-0.25, -0.2) is 9.97 Å². The summed E-state index contributed by atoms with van der Waals surface area (Å²) < 4.78 is 1.84. The fourth-order valence-corrected chi connectivity index (χ4v) is 3.05. The molecule has 3 rings (SSSR count). The number of carbonyl (C=O) groups is 1. The van der Waals surface area contributed by atoms with E-state index >= 15 is 0 Å². The summed E-state index contributed by atoms with van der Waals surface area (Å²) in [7, 11) is 0. The molecule has 1 amide bonds. The topological polar surface area (TPSA) is 99.8 Å². The summed E-state index contributed by atoms with van der Waals surface area (Å²) >= 11 is 6.25. The summed E-state index contributed by atoms with van der Waals surface area (Å²) in [6, 6.07) is 5.53. The first-order valence-corrected chi connectivity index (χ1v) is 7.97. The zero-order chi connectivity index (χ0) is 17.4. The molecular weight excluding hydrogens is 326 g/mol. The van der Waals surface area contributed by atoms with Crippen molar-refractivity contribution in [1.82, 2.24) is 14.5 Å². The quantitative estimate of drug-likeness (QED) is 0.760. The molecule has 0 saturated carbocycles. The Morgan fingerprint density at radius 1 is 1.29 bits per heavy atom. The molecule has 2 aromatic heterocycles.